The highest BCUT2D eigenvalue weighted by Crippen LogP contribution is 2.59. The van der Waals surface area contributed by atoms with Crippen LogP contribution in [0.2, 0.25) is 0 Å². The van der Waals surface area contributed by atoms with Gasteiger partial charge in [0.1, 0.15) is 0 Å². The topological polar surface area (TPSA) is 0 Å². The summed E-state index contributed by atoms with van der Waals surface area (Å²) in [6.07, 6.45) is 6.52. The normalized spacial score (nSPS) is 56.4. The molecule has 0 aliphatic heterocycles. The molecule has 2 unspecified atom stereocenters. The minimum atomic E-state index is 0.192. The second-order valence-electron chi connectivity index (χ2n) is 5.07. The third-order valence-electron chi connectivity index (χ3n) is 4.16. The van der Waals surface area contributed by atoms with Crippen molar-refractivity contribution in [3.8, 4) is 0 Å². The summed E-state index contributed by atoms with van der Waals surface area (Å²) in [5, 5.41) is 0. The highest BCUT2D eigenvalue weighted by Gasteiger charge is 2.51. The molecule has 4 saturated carbocycles. The number of halogens is 1. The molecular formula is C11H15Cl. The van der Waals surface area contributed by atoms with E-state index in [4.69, 9.17) is 11.6 Å². The van der Waals surface area contributed by atoms with Gasteiger partial charge in [0.25, 0.3) is 0 Å². The summed E-state index contributed by atoms with van der Waals surface area (Å²) in [5.41, 5.74) is 1.53. The molecule has 0 N–H and O–H groups in total. The molecular weight excluding hydrogens is 168 g/mol. The molecule has 1 heteroatoms. The van der Waals surface area contributed by atoms with Crippen molar-refractivity contribution >= 4 is 11.6 Å². The molecule has 0 spiro atoms. The summed E-state index contributed by atoms with van der Waals surface area (Å²) < 4.78 is 0. The summed E-state index contributed by atoms with van der Waals surface area (Å²) >= 11 is 6.56. The van der Waals surface area contributed by atoms with Crippen molar-refractivity contribution < 1.29 is 0 Å². The molecule has 0 radical (unpaired) electrons. The van der Waals surface area contributed by atoms with E-state index in [0.717, 1.165) is 17.8 Å². The second kappa shape index (κ2) is 2.09. The van der Waals surface area contributed by atoms with Gasteiger partial charge >= 0.3 is 0 Å². The van der Waals surface area contributed by atoms with Crippen molar-refractivity contribution in [1.82, 2.24) is 0 Å². The van der Waals surface area contributed by atoms with Gasteiger partial charge in [0.15, 0.2) is 0 Å². The molecule has 4 bridgehead atoms. The van der Waals surface area contributed by atoms with Crippen LogP contribution in [0, 0.1) is 17.8 Å². The van der Waals surface area contributed by atoms with Crippen LogP contribution >= 0.6 is 11.6 Å². The Morgan fingerprint density at radius 1 is 1.17 bits per heavy atom. The fourth-order valence-corrected chi connectivity index (χ4v) is 4.37. The monoisotopic (exact) mass is 182 g/mol. The molecule has 0 aromatic heterocycles. The highest BCUT2D eigenvalue weighted by molar-refractivity contribution is 6.24. The Hall–Kier alpha value is 0.0300. The van der Waals surface area contributed by atoms with E-state index in [0.29, 0.717) is 0 Å². The van der Waals surface area contributed by atoms with Gasteiger partial charge in [-0.1, -0.05) is 12.2 Å². The molecule has 0 aromatic carbocycles. The van der Waals surface area contributed by atoms with Gasteiger partial charge in [0.05, 0.1) is 0 Å². The molecule has 0 nitrogen and oxygen atoms in total. The molecule has 66 valence electrons. The predicted octanol–water partition coefficient (Wildman–Crippen LogP) is 3.36. The van der Waals surface area contributed by atoms with Crippen molar-refractivity contribution in [2.24, 2.45) is 17.8 Å². The largest absolute Gasteiger partial charge is 0.119 e. The first kappa shape index (κ1) is 7.44. The maximum atomic E-state index is 6.56. The first-order valence-electron chi connectivity index (χ1n) is 5.04. The standard InChI is InChI=1S/C11H15Cl/c1-7-9-2-8-3-10(7)6-11(12,4-8)5-9/h8-10H,1-6H2. The summed E-state index contributed by atoms with van der Waals surface area (Å²) in [6, 6.07) is 0. The van der Waals surface area contributed by atoms with Crippen LogP contribution < -0.4 is 0 Å². The van der Waals surface area contributed by atoms with Crippen molar-refractivity contribution in [2.75, 3.05) is 0 Å². The number of alkyl halides is 1. The smallest absolute Gasteiger partial charge is 0.0460 e. The fourth-order valence-electron chi connectivity index (χ4n) is 3.78. The quantitative estimate of drug-likeness (QED) is 0.398. The minimum absolute atomic E-state index is 0.192. The molecule has 12 heavy (non-hydrogen) atoms. The maximum absolute atomic E-state index is 6.56. The van der Waals surface area contributed by atoms with E-state index >= 15 is 0 Å². The Kier molecular flexibility index (Phi) is 1.30. The zero-order valence-electron chi connectivity index (χ0n) is 7.35. The lowest BCUT2D eigenvalue weighted by atomic mass is 9.54. The zero-order valence-corrected chi connectivity index (χ0v) is 8.11. The van der Waals surface area contributed by atoms with E-state index < -0.39 is 0 Å². The van der Waals surface area contributed by atoms with E-state index in [2.05, 4.69) is 6.58 Å². The van der Waals surface area contributed by atoms with Crippen LogP contribution in [0.5, 0.6) is 0 Å². The Bertz CT molecular complexity index is 225. The first-order chi connectivity index (χ1) is 5.66. The van der Waals surface area contributed by atoms with Gasteiger partial charge in [0, 0.05) is 4.87 Å². The second-order valence-corrected chi connectivity index (χ2v) is 5.87. The van der Waals surface area contributed by atoms with Crippen molar-refractivity contribution in [3.05, 3.63) is 12.2 Å². The zero-order chi connectivity index (χ0) is 8.34. The maximum Gasteiger partial charge on any atom is 0.0460 e. The molecule has 2 atom stereocenters. The van der Waals surface area contributed by atoms with Crippen molar-refractivity contribution in [3.63, 3.8) is 0 Å². The molecule has 4 aliphatic rings. The molecule has 4 rings (SSSR count). The third kappa shape index (κ3) is 0.849. The number of hydrogen-bond donors (Lipinski definition) is 0. The van der Waals surface area contributed by atoms with Crippen LogP contribution in [-0.2, 0) is 0 Å². The lowest BCUT2D eigenvalue weighted by Gasteiger charge is -2.55. The number of rotatable bonds is 0. The molecule has 0 heterocycles. The molecule has 4 fully saturated rings. The van der Waals surface area contributed by atoms with Crippen LogP contribution in [0.3, 0.4) is 0 Å². The third-order valence-corrected chi connectivity index (χ3v) is 4.63. The average molecular weight is 183 g/mol. The molecule has 0 amide bonds. The van der Waals surface area contributed by atoms with E-state index in [1.165, 1.54) is 37.7 Å². The molecule has 0 aromatic rings. The summed E-state index contributed by atoms with van der Waals surface area (Å²) in [5.74, 6) is 2.51. The van der Waals surface area contributed by atoms with Gasteiger partial charge < -0.3 is 0 Å². The number of allylic oxidation sites excluding steroid dienone is 1. The van der Waals surface area contributed by atoms with Gasteiger partial charge in [-0.2, -0.15) is 0 Å². The van der Waals surface area contributed by atoms with E-state index in [9.17, 15) is 0 Å². The minimum Gasteiger partial charge on any atom is -0.119 e. The van der Waals surface area contributed by atoms with Gasteiger partial charge in [0.2, 0.25) is 0 Å². The fraction of sp³-hybridized carbons (Fsp3) is 0.818. The number of hydrogen-bond acceptors (Lipinski definition) is 0. The summed E-state index contributed by atoms with van der Waals surface area (Å²) in [6.45, 7) is 4.23. The van der Waals surface area contributed by atoms with Gasteiger partial charge in [-0.3, -0.25) is 0 Å². The van der Waals surface area contributed by atoms with Crippen LogP contribution in [-0.4, -0.2) is 4.87 Å². The first-order valence-corrected chi connectivity index (χ1v) is 5.42. The SMILES string of the molecule is C=C1C2CC3CC1CC(Cl)(C3)C2. The van der Waals surface area contributed by atoms with E-state index in [1.54, 1.807) is 0 Å². The summed E-state index contributed by atoms with van der Waals surface area (Å²) in [7, 11) is 0. The Balaban J connectivity index is 2.00. The summed E-state index contributed by atoms with van der Waals surface area (Å²) in [4.78, 5) is 0.192. The van der Waals surface area contributed by atoms with Crippen LogP contribution in [0.25, 0.3) is 0 Å². The molecule has 0 saturated heterocycles. The average Bonchev–Trinajstić information content (AvgIpc) is 1.96. The van der Waals surface area contributed by atoms with Crippen molar-refractivity contribution in [2.45, 2.75) is 37.0 Å². The van der Waals surface area contributed by atoms with Crippen LogP contribution in [0.1, 0.15) is 32.1 Å². The Labute approximate surface area is 79.0 Å². The van der Waals surface area contributed by atoms with Gasteiger partial charge in [-0.05, 0) is 49.9 Å². The Morgan fingerprint density at radius 2 is 1.75 bits per heavy atom. The Morgan fingerprint density at radius 3 is 2.25 bits per heavy atom. The predicted molar refractivity (Wildman–Crippen MR) is 51.3 cm³/mol. The van der Waals surface area contributed by atoms with Crippen molar-refractivity contribution in [1.29, 1.82) is 0 Å². The molecule has 4 aliphatic carbocycles. The lowest BCUT2D eigenvalue weighted by molar-refractivity contribution is 0.0874. The van der Waals surface area contributed by atoms with E-state index in [-0.39, 0.29) is 4.87 Å². The van der Waals surface area contributed by atoms with Gasteiger partial charge in [-0.15, -0.1) is 11.6 Å². The van der Waals surface area contributed by atoms with E-state index in [1.807, 2.05) is 0 Å². The van der Waals surface area contributed by atoms with Crippen LogP contribution in [0.4, 0.5) is 0 Å². The highest BCUT2D eigenvalue weighted by atomic mass is 35.5. The lowest BCUT2D eigenvalue weighted by Crippen LogP contribution is -2.48. The van der Waals surface area contributed by atoms with Gasteiger partial charge in [-0.25, -0.2) is 0 Å². The van der Waals surface area contributed by atoms with Crippen LogP contribution in [0.15, 0.2) is 12.2 Å².